The lowest BCUT2D eigenvalue weighted by atomic mass is 10.2. The highest BCUT2D eigenvalue weighted by molar-refractivity contribution is 5.94. The molecule has 24 N–H and O–H groups in total. The molecule has 320 valence electrons. The van der Waals surface area contributed by atoms with Crippen molar-refractivity contribution in [3.8, 4) is 0 Å². The van der Waals surface area contributed by atoms with Crippen molar-refractivity contribution in [3.05, 3.63) is 144 Å². The van der Waals surface area contributed by atoms with Crippen LogP contribution in [0, 0.1) is 0 Å². The Labute approximate surface area is 351 Å². The third-order valence-electron chi connectivity index (χ3n) is 7.04. The largest absolute Gasteiger partial charge is 0.370 e. The topological polar surface area (TPSA) is 411 Å². The fourth-order valence-corrected chi connectivity index (χ4v) is 4.45. The van der Waals surface area contributed by atoms with Gasteiger partial charge in [0.2, 0.25) is 23.8 Å². The second-order valence-electron chi connectivity index (χ2n) is 12.0. The molecule has 0 saturated carbocycles. The van der Waals surface area contributed by atoms with Gasteiger partial charge in [0.15, 0.2) is 23.8 Å². The molecule has 0 aromatic heterocycles. The summed E-state index contributed by atoms with van der Waals surface area (Å²) in [4.78, 5) is 30.5. The zero-order valence-corrected chi connectivity index (χ0v) is 33.7. The predicted molar refractivity (Wildman–Crippen MR) is 250 cm³/mol. The smallest absolute Gasteiger partial charge is 0.218 e. The number of benzene rings is 4. The summed E-state index contributed by atoms with van der Waals surface area (Å²) < 4.78 is 0. The molecule has 20 nitrogen and oxygen atoms in total. The van der Waals surface area contributed by atoms with Crippen molar-refractivity contribution in [2.75, 3.05) is 26.2 Å². The average molecular weight is 821 g/mol. The highest BCUT2D eigenvalue weighted by Gasteiger charge is 1.95. The van der Waals surface area contributed by atoms with E-state index >= 15 is 0 Å². The summed E-state index contributed by atoms with van der Waals surface area (Å²) in [6.45, 7) is 2.30. The number of hydrogen-bond acceptors (Lipinski definition) is 4. The van der Waals surface area contributed by atoms with Crippen LogP contribution in [0.15, 0.2) is 161 Å². The molecule has 0 unspecified atom stereocenters. The summed E-state index contributed by atoms with van der Waals surface area (Å²) in [6.07, 6.45) is 3.28. The van der Waals surface area contributed by atoms with Crippen LogP contribution in [-0.2, 0) is 25.7 Å². The molecule has 4 aromatic carbocycles. The molecule has 0 spiro atoms. The molecule has 60 heavy (non-hydrogen) atoms. The molecule has 4 aromatic rings. The van der Waals surface area contributed by atoms with E-state index in [1.807, 2.05) is 121 Å². The van der Waals surface area contributed by atoms with Gasteiger partial charge in [0.25, 0.3) is 0 Å². The monoisotopic (exact) mass is 821 g/mol. The van der Waals surface area contributed by atoms with E-state index in [4.69, 9.17) is 68.8 Å². The van der Waals surface area contributed by atoms with E-state index in [0.717, 1.165) is 25.7 Å². The van der Waals surface area contributed by atoms with Gasteiger partial charge >= 0.3 is 0 Å². The van der Waals surface area contributed by atoms with Gasteiger partial charge in [-0.05, 0) is 47.9 Å². The summed E-state index contributed by atoms with van der Waals surface area (Å²) in [5, 5.41) is 0. The van der Waals surface area contributed by atoms with Gasteiger partial charge in [-0.25, -0.2) is 0 Å². The summed E-state index contributed by atoms with van der Waals surface area (Å²) in [6, 6.07) is 40.0. The SMILES string of the molecule is NC(N)=NC(N)=NCCc1ccccc1.NC(N)=NC(N)=NCCc1ccccc1.NC(N)=NC(N)=NCCc1ccccc1.NC(N)=NC(N)=NCCc1ccccc1. The van der Waals surface area contributed by atoms with Crippen molar-refractivity contribution in [2.24, 2.45) is 109 Å². The lowest BCUT2D eigenvalue weighted by Gasteiger charge is -1.97. The van der Waals surface area contributed by atoms with E-state index in [9.17, 15) is 0 Å². The maximum Gasteiger partial charge on any atom is 0.218 e. The molecule has 0 aliphatic heterocycles. The standard InChI is InChI=1S/4C10H15N5/c4*11-9(12)15-10(13)14-7-6-8-4-2-1-3-5-8/h4*1-5H,6-7H2,(H6,11,12,13,14,15). The summed E-state index contributed by atoms with van der Waals surface area (Å²) in [5.74, 6) is 0.174. The Kier molecular flexibility index (Phi) is 25.7. The van der Waals surface area contributed by atoms with Gasteiger partial charge in [0.05, 0.1) is 0 Å². The maximum atomic E-state index is 5.44. The highest BCUT2D eigenvalue weighted by atomic mass is 15.1. The quantitative estimate of drug-likeness (QED) is 0.0622. The third-order valence-corrected chi connectivity index (χ3v) is 7.04. The van der Waals surface area contributed by atoms with E-state index < -0.39 is 0 Å². The molecular weight excluding hydrogens is 761 g/mol. The Morgan fingerprint density at radius 3 is 0.583 bits per heavy atom. The second-order valence-corrected chi connectivity index (χ2v) is 12.0. The first-order valence-electron chi connectivity index (χ1n) is 18.5. The van der Waals surface area contributed by atoms with Crippen molar-refractivity contribution in [3.63, 3.8) is 0 Å². The van der Waals surface area contributed by atoms with E-state index in [0.29, 0.717) is 26.2 Å². The molecule has 0 aliphatic rings. The fraction of sp³-hybridized carbons (Fsp3) is 0.200. The van der Waals surface area contributed by atoms with Crippen LogP contribution in [-0.4, -0.2) is 73.9 Å². The Balaban J connectivity index is 0.000000400. The van der Waals surface area contributed by atoms with Gasteiger partial charge in [0.1, 0.15) is 0 Å². The Morgan fingerprint density at radius 2 is 0.433 bits per heavy atom. The second kappa shape index (κ2) is 31.0. The van der Waals surface area contributed by atoms with Crippen molar-refractivity contribution in [1.82, 2.24) is 0 Å². The minimum Gasteiger partial charge on any atom is -0.370 e. The molecule has 0 bridgehead atoms. The average Bonchev–Trinajstić information content (AvgIpc) is 3.19. The molecule has 0 atom stereocenters. The molecule has 0 heterocycles. The van der Waals surface area contributed by atoms with E-state index in [2.05, 4.69) is 39.9 Å². The first-order valence-corrected chi connectivity index (χ1v) is 18.5. The normalized spacial score (nSPS) is 11.1. The maximum absolute atomic E-state index is 5.44. The van der Waals surface area contributed by atoms with Crippen LogP contribution in [0.5, 0.6) is 0 Å². The number of guanidine groups is 8. The molecule has 0 radical (unpaired) electrons. The number of nitrogens with two attached hydrogens (primary N) is 12. The van der Waals surface area contributed by atoms with Crippen molar-refractivity contribution >= 4 is 47.7 Å². The van der Waals surface area contributed by atoms with Crippen molar-refractivity contribution in [2.45, 2.75) is 25.7 Å². The zero-order chi connectivity index (χ0) is 44.4. The minimum atomic E-state index is -0.0732. The van der Waals surface area contributed by atoms with Crippen LogP contribution in [0.2, 0.25) is 0 Å². The highest BCUT2D eigenvalue weighted by Crippen LogP contribution is 2.02. The molecular formula is C40H60N20. The molecule has 0 saturated heterocycles. The molecule has 0 fully saturated rings. The van der Waals surface area contributed by atoms with Gasteiger partial charge in [0, 0.05) is 26.2 Å². The Bertz CT molecular complexity index is 1700. The molecule has 4 rings (SSSR count). The molecule has 20 heteroatoms. The zero-order valence-electron chi connectivity index (χ0n) is 33.7. The van der Waals surface area contributed by atoms with Gasteiger partial charge in [-0.3, -0.25) is 20.0 Å². The lowest BCUT2D eigenvalue weighted by molar-refractivity contribution is 0.962. The van der Waals surface area contributed by atoms with Gasteiger partial charge in [-0.2, -0.15) is 20.0 Å². The van der Waals surface area contributed by atoms with Crippen LogP contribution < -0.4 is 68.8 Å². The lowest BCUT2D eigenvalue weighted by Crippen LogP contribution is -2.26. The van der Waals surface area contributed by atoms with Crippen LogP contribution in [0.4, 0.5) is 0 Å². The third kappa shape index (κ3) is 29.2. The minimum absolute atomic E-state index is 0.0732. The number of rotatable bonds is 12. The van der Waals surface area contributed by atoms with Crippen molar-refractivity contribution < 1.29 is 0 Å². The fourth-order valence-electron chi connectivity index (χ4n) is 4.45. The number of nitrogens with zero attached hydrogens (tertiary/aromatic N) is 8. The first-order chi connectivity index (χ1) is 28.7. The van der Waals surface area contributed by atoms with Crippen LogP contribution in [0.3, 0.4) is 0 Å². The summed E-state index contributed by atoms with van der Waals surface area (Å²) in [7, 11) is 0. The van der Waals surface area contributed by atoms with Crippen LogP contribution in [0.25, 0.3) is 0 Å². The van der Waals surface area contributed by atoms with Crippen LogP contribution in [0.1, 0.15) is 22.3 Å². The number of hydrogen-bond donors (Lipinski definition) is 12. The number of aliphatic imine (C=N–C) groups is 8. The van der Waals surface area contributed by atoms with E-state index in [1.165, 1.54) is 22.3 Å². The van der Waals surface area contributed by atoms with Gasteiger partial charge < -0.3 is 68.8 Å². The predicted octanol–water partition coefficient (Wildman–Crippen LogP) is -0.731. The van der Waals surface area contributed by atoms with E-state index in [1.54, 1.807) is 0 Å². The Hall–Kier alpha value is -8.16. The van der Waals surface area contributed by atoms with Crippen LogP contribution >= 0.6 is 0 Å². The van der Waals surface area contributed by atoms with Crippen molar-refractivity contribution in [1.29, 1.82) is 0 Å². The van der Waals surface area contributed by atoms with Gasteiger partial charge in [-0.1, -0.05) is 121 Å². The Morgan fingerprint density at radius 1 is 0.267 bits per heavy atom. The molecule has 0 amide bonds. The summed E-state index contributed by atoms with van der Waals surface area (Å²) in [5.41, 5.74) is 67.7. The summed E-state index contributed by atoms with van der Waals surface area (Å²) >= 11 is 0. The molecule has 0 aliphatic carbocycles. The van der Waals surface area contributed by atoms with Gasteiger partial charge in [-0.15, -0.1) is 0 Å². The van der Waals surface area contributed by atoms with E-state index in [-0.39, 0.29) is 47.7 Å². The first kappa shape index (κ1) is 49.9.